The number of carbonyl (C=O) groups is 3. The van der Waals surface area contributed by atoms with Crippen molar-refractivity contribution in [2.45, 2.75) is 386 Å². The van der Waals surface area contributed by atoms with Crippen LogP contribution in [-0.2, 0) is 33.3 Å². The van der Waals surface area contributed by atoms with E-state index in [1.165, 1.54) is 257 Å². The predicted molar refractivity (Wildman–Crippen MR) is 410 cm³/mol. The third-order valence-electron chi connectivity index (χ3n) is 17.8. The second-order valence-electron chi connectivity index (χ2n) is 28.3. The summed E-state index contributed by atoms with van der Waals surface area (Å²) in [5, 5.41) is 9.77. The number of unbranched alkanes of at least 4 members (excludes halogenated alkanes) is 44. The fourth-order valence-corrected chi connectivity index (χ4v) is 11.7. The Morgan fingerprint density at radius 2 is 0.600 bits per heavy atom. The maximum absolute atomic E-state index is 13.0. The quantitative estimate of drug-likeness (QED) is 0.0211. The molecule has 0 heterocycles. The summed E-state index contributed by atoms with van der Waals surface area (Å²) >= 11 is 0. The molecule has 0 saturated carbocycles. The van der Waals surface area contributed by atoms with Gasteiger partial charge in [0, 0.05) is 12.8 Å². The van der Waals surface area contributed by atoms with Crippen LogP contribution in [0.25, 0.3) is 0 Å². The van der Waals surface area contributed by atoms with E-state index < -0.39 is 24.3 Å². The maximum atomic E-state index is 13.0. The molecule has 95 heavy (non-hydrogen) atoms. The van der Waals surface area contributed by atoms with Crippen molar-refractivity contribution in [3.05, 3.63) is 97.2 Å². The molecule has 0 radical (unpaired) electrons. The first-order valence-electron chi connectivity index (χ1n) is 40.4. The number of hydrogen-bond acceptors (Lipinski definition) is 7. The van der Waals surface area contributed by atoms with Crippen molar-refractivity contribution in [2.75, 3.05) is 47.5 Å². The van der Waals surface area contributed by atoms with Gasteiger partial charge in [0.15, 0.2) is 6.10 Å². The largest absolute Gasteiger partial charge is 0.477 e. The Kier molecular flexibility index (Phi) is 72.9. The topological polar surface area (TPSA) is 108 Å². The van der Waals surface area contributed by atoms with Gasteiger partial charge < -0.3 is 28.5 Å². The van der Waals surface area contributed by atoms with Crippen molar-refractivity contribution in [1.82, 2.24) is 0 Å². The number of carboxylic acid groups (broad SMARTS) is 1. The standard InChI is InChI=1S/C86H153NO8/c1-6-8-10-12-14-16-18-20-22-24-26-28-30-32-34-36-38-39-40-41-42-43-44-45-47-48-50-52-54-56-58-60-62-64-66-68-70-72-74-76-83(88)93-80-82(81-94-86(85(90)91)92-79-78-87(3,4)5)95-84(89)77-75-73-71-69-67-65-63-61-59-57-55-53-51-49-46-37-35-33-31-29-27-25-23-21-19-17-15-13-11-9-7-2/h9,11,15,17-18,20-21,23-24,26-27,29,33,35,46,49,82,86H,6-8,10,12-14,16,19,22,25,28,30-32,34,36-45,47-48,50-81H2,1-5H3/p+1/b11-9-,17-15-,20-18-,23-21-,26-24-,29-27-,35-33-,49-46-. The first-order valence-corrected chi connectivity index (χ1v) is 40.4. The van der Waals surface area contributed by atoms with Gasteiger partial charge in [0.1, 0.15) is 13.2 Å². The molecule has 1 N–H and O–H groups in total. The van der Waals surface area contributed by atoms with E-state index >= 15 is 0 Å². The zero-order valence-corrected chi connectivity index (χ0v) is 63.1. The van der Waals surface area contributed by atoms with Crippen LogP contribution in [0.2, 0.25) is 0 Å². The second-order valence-corrected chi connectivity index (χ2v) is 28.3. The number of nitrogens with zero attached hydrogens (tertiary/aromatic N) is 1. The number of quaternary nitrogens is 1. The fourth-order valence-electron chi connectivity index (χ4n) is 11.7. The molecule has 0 aromatic rings. The summed E-state index contributed by atoms with van der Waals surface area (Å²) in [4.78, 5) is 37.7. The summed E-state index contributed by atoms with van der Waals surface area (Å²) in [5.41, 5.74) is 0. The van der Waals surface area contributed by atoms with Crippen LogP contribution in [0.3, 0.4) is 0 Å². The molecule has 0 aromatic carbocycles. The minimum absolute atomic E-state index is 0.182. The van der Waals surface area contributed by atoms with Crippen LogP contribution in [0.4, 0.5) is 0 Å². The molecule has 0 aliphatic carbocycles. The van der Waals surface area contributed by atoms with Gasteiger partial charge in [-0.2, -0.15) is 0 Å². The van der Waals surface area contributed by atoms with Gasteiger partial charge in [0.05, 0.1) is 34.4 Å². The zero-order chi connectivity index (χ0) is 69.0. The molecule has 9 nitrogen and oxygen atoms in total. The molecule has 0 rings (SSSR count). The third kappa shape index (κ3) is 77.4. The van der Waals surface area contributed by atoms with E-state index in [1.54, 1.807) is 0 Å². The van der Waals surface area contributed by atoms with E-state index in [9.17, 15) is 19.5 Å². The summed E-state index contributed by atoms with van der Waals surface area (Å²) in [6, 6.07) is 0. The third-order valence-corrected chi connectivity index (χ3v) is 17.8. The van der Waals surface area contributed by atoms with Crippen molar-refractivity contribution < 1.29 is 42.9 Å². The SMILES string of the molecule is CC/C=C\C/C=C\C/C=C\C/C=C\C/C=C\C/C=C\CCCCCCCCCCCCCCC(=O)OC(COC(=O)CCCCCCCCCCCCCCCCCCCCCCCCCCCCC/C=C\C/C=C\CCCCCCC)COC(OCC[N+](C)(C)C)C(=O)O. The Morgan fingerprint density at radius 1 is 0.326 bits per heavy atom. The van der Waals surface area contributed by atoms with Crippen LogP contribution in [0.1, 0.15) is 373 Å². The highest BCUT2D eigenvalue weighted by atomic mass is 16.7. The Bertz CT molecular complexity index is 1890. The maximum Gasteiger partial charge on any atom is 0.361 e. The van der Waals surface area contributed by atoms with Crippen LogP contribution in [-0.4, -0.2) is 87.4 Å². The molecular weight excluding hydrogens is 1170 g/mol. The van der Waals surface area contributed by atoms with E-state index in [-0.39, 0.29) is 32.2 Å². The lowest BCUT2D eigenvalue weighted by Crippen LogP contribution is -2.40. The molecular formula is C86H154NO8+. The van der Waals surface area contributed by atoms with Crippen LogP contribution in [0.15, 0.2) is 97.2 Å². The van der Waals surface area contributed by atoms with Gasteiger partial charge in [-0.1, -0.05) is 361 Å². The fraction of sp³-hybridized carbons (Fsp3) is 0.779. The van der Waals surface area contributed by atoms with Crippen molar-refractivity contribution in [3.8, 4) is 0 Å². The van der Waals surface area contributed by atoms with Gasteiger partial charge in [-0.25, -0.2) is 4.79 Å². The lowest BCUT2D eigenvalue weighted by atomic mass is 10.0. The Morgan fingerprint density at radius 3 is 0.895 bits per heavy atom. The van der Waals surface area contributed by atoms with Crippen LogP contribution >= 0.6 is 0 Å². The first kappa shape index (κ1) is 91.2. The summed E-state index contributed by atoms with van der Waals surface area (Å²) in [6.07, 6.45) is 103. The number of esters is 2. The Hall–Kier alpha value is -3.79. The first-order chi connectivity index (χ1) is 46.6. The number of aliphatic carboxylic acids is 1. The highest BCUT2D eigenvalue weighted by Gasteiger charge is 2.25. The monoisotopic (exact) mass is 1330 g/mol. The van der Waals surface area contributed by atoms with Crippen molar-refractivity contribution >= 4 is 17.9 Å². The van der Waals surface area contributed by atoms with Gasteiger partial charge in [-0.3, -0.25) is 9.59 Å². The number of carbonyl (C=O) groups excluding carboxylic acids is 2. The smallest absolute Gasteiger partial charge is 0.361 e. The Balaban J connectivity index is 3.99. The molecule has 0 amide bonds. The zero-order valence-electron chi connectivity index (χ0n) is 63.1. The minimum Gasteiger partial charge on any atom is -0.477 e. The number of rotatable bonds is 75. The molecule has 0 bridgehead atoms. The molecule has 2 atom stereocenters. The van der Waals surface area contributed by atoms with Crippen LogP contribution < -0.4 is 0 Å². The molecule has 0 aromatic heterocycles. The summed E-state index contributed by atoms with van der Waals surface area (Å²) in [7, 11) is 5.99. The average Bonchev–Trinajstić information content (AvgIpc) is 3.24. The molecule has 0 saturated heterocycles. The molecule has 550 valence electrons. The van der Waals surface area contributed by atoms with Gasteiger partial charge in [-0.15, -0.1) is 0 Å². The van der Waals surface area contributed by atoms with E-state index in [0.29, 0.717) is 17.4 Å². The van der Waals surface area contributed by atoms with Crippen molar-refractivity contribution in [3.63, 3.8) is 0 Å². The lowest BCUT2D eigenvalue weighted by Gasteiger charge is -2.25. The molecule has 0 aliphatic rings. The van der Waals surface area contributed by atoms with Gasteiger partial charge in [0.25, 0.3) is 6.29 Å². The lowest BCUT2D eigenvalue weighted by molar-refractivity contribution is -0.870. The van der Waals surface area contributed by atoms with Gasteiger partial charge >= 0.3 is 17.9 Å². The second kappa shape index (κ2) is 76.0. The average molecular weight is 1330 g/mol. The molecule has 0 aliphatic heterocycles. The van der Waals surface area contributed by atoms with E-state index in [4.69, 9.17) is 18.9 Å². The number of carboxylic acids is 1. The van der Waals surface area contributed by atoms with E-state index in [2.05, 4.69) is 111 Å². The number of allylic oxidation sites excluding steroid dienone is 16. The molecule has 0 spiro atoms. The predicted octanol–water partition coefficient (Wildman–Crippen LogP) is 25.9. The van der Waals surface area contributed by atoms with Crippen molar-refractivity contribution in [2.24, 2.45) is 0 Å². The van der Waals surface area contributed by atoms with E-state index in [1.807, 2.05) is 21.1 Å². The number of likely N-dealkylation sites (N-methyl/N-ethyl adjacent to an activating group) is 1. The molecule has 2 unspecified atom stereocenters. The Labute approximate surface area is 588 Å². The molecule has 9 heteroatoms. The number of hydrogen-bond donors (Lipinski definition) is 1. The summed E-state index contributed by atoms with van der Waals surface area (Å²) in [6.45, 7) is 4.80. The van der Waals surface area contributed by atoms with Crippen LogP contribution in [0.5, 0.6) is 0 Å². The van der Waals surface area contributed by atoms with Gasteiger partial charge in [0.2, 0.25) is 0 Å². The molecule has 0 fully saturated rings. The van der Waals surface area contributed by atoms with Crippen molar-refractivity contribution in [1.29, 1.82) is 0 Å². The highest BCUT2D eigenvalue weighted by Crippen LogP contribution is 2.19. The summed E-state index contributed by atoms with van der Waals surface area (Å²) < 4.78 is 23.1. The normalized spacial score (nSPS) is 13.1. The number of ether oxygens (including phenoxy) is 4. The minimum atomic E-state index is -1.51. The summed E-state index contributed by atoms with van der Waals surface area (Å²) in [5.74, 6) is -1.99. The van der Waals surface area contributed by atoms with Gasteiger partial charge in [-0.05, 0) is 96.3 Å². The van der Waals surface area contributed by atoms with E-state index in [0.717, 1.165) is 89.9 Å². The highest BCUT2D eigenvalue weighted by molar-refractivity contribution is 5.71. The van der Waals surface area contributed by atoms with Crippen LogP contribution in [0, 0.1) is 0 Å².